The Morgan fingerprint density at radius 2 is 1.93 bits per heavy atom. The van der Waals surface area contributed by atoms with E-state index >= 15 is 0 Å². The Hall–Kier alpha value is -3.26. The molecular weight excluding hydrogens is 414 g/mol. The molecule has 3 rings (SSSR count). The van der Waals surface area contributed by atoms with E-state index in [2.05, 4.69) is 26.2 Å². The summed E-state index contributed by atoms with van der Waals surface area (Å²) in [5.41, 5.74) is 1.20. The van der Waals surface area contributed by atoms with Crippen LogP contribution in [-0.4, -0.2) is 15.8 Å². The third-order valence-electron chi connectivity index (χ3n) is 3.55. The van der Waals surface area contributed by atoms with E-state index in [1.165, 1.54) is 18.3 Å². The molecule has 0 fully saturated rings. The van der Waals surface area contributed by atoms with Crippen molar-refractivity contribution in [3.05, 3.63) is 87.0 Å². The Bertz CT molecular complexity index is 959. The number of halogens is 1. The average molecular weight is 428 g/mol. The van der Waals surface area contributed by atoms with Gasteiger partial charge in [0.15, 0.2) is 0 Å². The lowest BCUT2D eigenvalue weighted by molar-refractivity contribution is -0.384. The number of anilines is 1. The van der Waals surface area contributed by atoms with Crippen LogP contribution < -0.4 is 10.1 Å². The molecule has 7 nitrogen and oxygen atoms in total. The first-order valence-electron chi connectivity index (χ1n) is 7.92. The zero-order valence-corrected chi connectivity index (χ0v) is 15.5. The largest absolute Gasteiger partial charge is 0.439 e. The van der Waals surface area contributed by atoms with Crippen molar-refractivity contribution in [2.24, 2.45) is 0 Å². The molecule has 27 heavy (non-hydrogen) atoms. The number of carbonyl (C=O) groups is 1. The van der Waals surface area contributed by atoms with E-state index in [0.29, 0.717) is 22.9 Å². The van der Waals surface area contributed by atoms with Gasteiger partial charge in [0.2, 0.25) is 11.8 Å². The van der Waals surface area contributed by atoms with Gasteiger partial charge < -0.3 is 10.1 Å². The van der Waals surface area contributed by atoms with E-state index < -0.39 is 4.92 Å². The Morgan fingerprint density at radius 3 is 2.56 bits per heavy atom. The van der Waals surface area contributed by atoms with Crippen molar-refractivity contribution in [2.45, 2.75) is 6.42 Å². The molecule has 0 saturated carbocycles. The maximum atomic E-state index is 12.1. The number of benzene rings is 2. The number of nitro groups is 1. The molecule has 2 aromatic carbocycles. The zero-order chi connectivity index (χ0) is 19.2. The molecule has 3 aromatic rings. The molecule has 0 aliphatic heterocycles. The smallest absolute Gasteiger partial charge is 0.269 e. The molecule has 0 radical (unpaired) electrons. The van der Waals surface area contributed by atoms with E-state index in [1.807, 2.05) is 24.3 Å². The predicted octanol–water partition coefficient (Wildman–Crippen LogP) is 4.73. The molecule has 1 heterocycles. The summed E-state index contributed by atoms with van der Waals surface area (Å²) in [4.78, 5) is 26.4. The number of pyridine rings is 1. The molecule has 1 amide bonds. The minimum atomic E-state index is -0.479. The Kier molecular flexibility index (Phi) is 5.77. The minimum absolute atomic E-state index is 0.00982. The van der Waals surface area contributed by atoms with Gasteiger partial charge in [-0.15, -0.1) is 0 Å². The summed E-state index contributed by atoms with van der Waals surface area (Å²) in [7, 11) is 0. The second kappa shape index (κ2) is 8.41. The molecule has 0 unspecified atom stereocenters. The lowest BCUT2D eigenvalue weighted by Crippen LogP contribution is -2.14. The van der Waals surface area contributed by atoms with Crippen LogP contribution in [0.5, 0.6) is 11.6 Å². The van der Waals surface area contributed by atoms with Crippen LogP contribution in [0.25, 0.3) is 0 Å². The second-order valence-electron chi connectivity index (χ2n) is 5.59. The SMILES string of the molecule is O=C(Cc1ccc([N+](=O)[O-])cc1)Nc1ccc(Oc2cccc(Br)c2)nc1. The normalized spacial score (nSPS) is 10.3. The Morgan fingerprint density at radius 1 is 1.15 bits per heavy atom. The third-order valence-corrected chi connectivity index (χ3v) is 4.04. The van der Waals surface area contributed by atoms with Crippen LogP contribution in [0, 0.1) is 10.1 Å². The number of aromatic nitrogens is 1. The first kappa shape index (κ1) is 18.5. The van der Waals surface area contributed by atoms with Gasteiger partial charge >= 0.3 is 0 Å². The lowest BCUT2D eigenvalue weighted by atomic mass is 10.1. The topological polar surface area (TPSA) is 94.4 Å². The number of hydrogen-bond donors (Lipinski definition) is 1. The number of nitro benzene ring substituents is 1. The quantitative estimate of drug-likeness (QED) is 0.453. The molecule has 0 aliphatic carbocycles. The molecule has 8 heteroatoms. The highest BCUT2D eigenvalue weighted by Crippen LogP contribution is 2.23. The Labute approximate surface area is 163 Å². The molecule has 0 saturated heterocycles. The van der Waals surface area contributed by atoms with Crippen molar-refractivity contribution >= 4 is 33.2 Å². The van der Waals surface area contributed by atoms with E-state index in [4.69, 9.17) is 4.74 Å². The molecule has 136 valence electrons. The van der Waals surface area contributed by atoms with Gasteiger partial charge in [-0.3, -0.25) is 14.9 Å². The molecule has 0 spiro atoms. The predicted molar refractivity (Wildman–Crippen MR) is 104 cm³/mol. The van der Waals surface area contributed by atoms with Gasteiger partial charge in [0, 0.05) is 22.7 Å². The van der Waals surface area contributed by atoms with Crippen molar-refractivity contribution < 1.29 is 14.5 Å². The summed E-state index contributed by atoms with van der Waals surface area (Å²) in [5, 5.41) is 13.4. The van der Waals surface area contributed by atoms with E-state index in [1.54, 1.807) is 24.3 Å². The number of amides is 1. The number of rotatable bonds is 6. The van der Waals surface area contributed by atoms with Gasteiger partial charge in [-0.1, -0.05) is 34.1 Å². The standard InChI is InChI=1S/C19H14BrN3O4/c20-14-2-1-3-17(11-14)27-19-9-6-15(12-21-19)22-18(24)10-13-4-7-16(8-5-13)23(25)26/h1-9,11-12H,10H2,(H,22,24). The number of nitrogens with one attached hydrogen (secondary N) is 1. The second-order valence-corrected chi connectivity index (χ2v) is 6.51. The molecular formula is C19H14BrN3O4. The highest BCUT2D eigenvalue weighted by atomic mass is 79.9. The summed E-state index contributed by atoms with van der Waals surface area (Å²) < 4.78 is 6.53. The summed E-state index contributed by atoms with van der Waals surface area (Å²) in [5.74, 6) is 0.805. The van der Waals surface area contributed by atoms with Gasteiger partial charge in [0.25, 0.3) is 5.69 Å². The van der Waals surface area contributed by atoms with Crippen molar-refractivity contribution in [1.29, 1.82) is 0 Å². The Balaban J connectivity index is 1.57. The number of nitrogens with zero attached hydrogens (tertiary/aromatic N) is 2. The van der Waals surface area contributed by atoms with Crippen molar-refractivity contribution in [3.63, 3.8) is 0 Å². The van der Waals surface area contributed by atoms with E-state index in [9.17, 15) is 14.9 Å². The summed E-state index contributed by atoms with van der Waals surface area (Å²) in [6, 6.07) is 16.6. The third kappa shape index (κ3) is 5.35. The fraction of sp³-hybridized carbons (Fsp3) is 0.0526. The fourth-order valence-electron chi connectivity index (χ4n) is 2.29. The molecule has 0 bridgehead atoms. The van der Waals surface area contributed by atoms with Crippen LogP contribution in [-0.2, 0) is 11.2 Å². The van der Waals surface area contributed by atoms with Gasteiger partial charge in [0.1, 0.15) is 5.75 Å². The molecule has 1 aromatic heterocycles. The fourth-order valence-corrected chi connectivity index (χ4v) is 2.67. The van der Waals surface area contributed by atoms with Crippen LogP contribution in [0.4, 0.5) is 11.4 Å². The summed E-state index contributed by atoms with van der Waals surface area (Å²) in [6.07, 6.45) is 1.61. The minimum Gasteiger partial charge on any atom is -0.439 e. The van der Waals surface area contributed by atoms with Gasteiger partial charge in [-0.2, -0.15) is 0 Å². The van der Waals surface area contributed by atoms with Crippen LogP contribution in [0.1, 0.15) is 5.56 Å². The average Bonchev–Trinajstić information content (AvgIpc) is 2.64. The van der Waals surface area contributed by atoms with Crippen LogP contribution >= 0.6 is 15.9 Å². The van der Waals surface area contributed by atoms with Crippen molar-refractivity contribution in [2.75, 3.05) is 5.32 Å². The lowest BCUT2D eigenvalue weighted by Gasteiger charge is -2.07. The van der Waals surface area contributed by atoms with Crippen LogP contribution in [0.2, 0.25) is 0 Å². The first-order chi connectivity index (χ1) is 13.0. The summed E-state index contributed by atoms with van der Waals surface area (Å²) in [6.45, 7) is 0. The van der Waals surface area contributed by atoms with Crippen LogP contribution in [0.15, 0.2) is 71.3 Å². The number of hydrogen-bond acceptors (Lipinski definition) is 5. The first-order valence-corrected chi connectivity index (χ1v) is 8.71. The molecule has 0 aliphatic rings. The van der Waals surface area contributed by atoms with Crippen molar-refractivity contribution in [3.8, 4) is 11.6 Å². The van der Waals surface area contributed by atoms with Gasteiger partial charge in [0.05, 0.1) is 23.2 Å². The maximum absolute atomic E-state index is 12.1. The monoisotopic (exact) mass is 427 g/mol. The zero-order valence-electron chi connectivity index (χ0n) is 14.0. The van der Waals surface area contributed by atoms with Gasteiger partial charge in [-0.25, -0.2) is 4.98 Å². The summed E-state index contributed by atoms with van der Waals surface area (Å²) >= 11 is 3.37. The van der Waals surface area contributed by atoms with Crippen molar-refractivity contribution in [1.82, 2.24) is 4.98 Å². The van der Waals surface area contributed by atoms with E-state index in [-0.39, 0.29) is 18.0 Å². The number of carbonyl (C=O) groups excluding carboxylic acids is 1. The maximum Gasteiger partial charge on any atom is 0.269 e. The number of non-ortho nitro benzene ring substituents is 1. The van der Waals surface area contributed by atoms with Gasteiger partial charge in [-0.05, 0) is 29.8 Å². The molecule has 1 N–H and O–H groups in total. The number of ether oxygens (including phenoxy) is 1. The van der Waals surface area contributed by atoms with E-state index in [0.717, 1.165) is 4.47 Å². The highest BCUT2D eigenvalue weighted by Gasteiger charge is 2.08. The molecule has 0 atom stereocenters. The highest BCUT2D eigenvalue weighted by molar-refractivity contribution is 9.10. The van der Waals surface area contributed by atoms with Crippen LogP contribution in [0.3, 0.4) is 0 Å².